The van der Waals surface area contributed by atoms with Crippen molar-refractivity contribution in [3.05, 3.63) is 52.0 Å². The van der Waals surface area contributed by atoms with Crippen LogP contribution in [0.15, 0.2) is 36.4 Å². The zero-order valence-electron chi connectivity index (χ0n) is 14.3. The average molecular weight is 394 g/mol. The second kappa shape index (κ2) is 7.17. The van der Waals surface area contributed by atoms with Crippen molar-refractivity contribution in [2.24, 2.45) is 0 Å². The van der Waals surface area contributed by atoms with E-state index in [-0.39, 0.29) is 24.7 Å². The summed E-state index contributed by atoms with van der Waals surface area (Å²) in [6, 6.07) is 9.72. The number of nitrogens with one attached hydrogen (secondary N) is 1. The highest BCUT2D eigenvalue weighted by Crippen LogP contribution is 2.34. The largest absolute Gasteiger partial charge is 0.487 e. The fraction of sp³-hybridized carbons (Fsp3) is 0.263. The van der Waals surface area contributed by atoms with Crippen LogP contribution < -0.4 is 14.8 Å². The lowest BCUT2D eigenvalue weighted by Crippen LogP contribution is -2.35. The summed E-state index contributed by atoms with van der Waals surface area (Å²) in [4.78, 5) is 24.4. The molecule has 0 atom stereocenters. The Morgan fingerprint density at radius 2 is 2.00 bits per heavy atom. The molecule has 0 aromatic heterocycles. The smallest absolute Gasteiger partial charge is 0.262 e. The number of ketones is 1. The van der Waals surface area contributed by atoms with Gasteiger partial charge < -0.3 is 14.8 Å². The van der Waals surface area contributed by atoms with Gasteiger partial charge in [0.1, 0.15) is 17.1 Å². The highest BCUT2D eigenvalue weighted by molar-refractivity contribution is 6.35. The van der Waals surface area contributed by atoms with E-state index in [2.05, 4.69) is 5.32 Å². The van der Waals surface area contributed by atoms with E-state index < -0.39 is 5.60 Å². The number of fused-ring (bicyclic) bond motifs is 1. The molecule has 0 saturated heterocycles. The van der Waals surface area contributed by atoms with E-state index in [9.17, 15) is 9.59 Å². The number of ether oxygens (including phenoxy) is 2. The van der Waals surface area contributed by atoms with Gasteiger partial charge in [-0.25, -0.2) is 0 Å². The van der Waals surface area contributed by atoms with Crippen molar-refractivity contribution in [3.63, 3.8) is 0 Å². The van der Waals surface area contributed by atoms with Gasteiger partial charge in [-0.15, -0.1) is 0 Å². The summed E-state index contributed by atoms with van der Waals surface area (Å²) in [7, 11) is 0. The third kappa shape index (κ3) is 4.29. The number of rotatable bonds is 4. The average Bonchev–Trinajstić information content (AvgIpc) is 2.54. The number of amides is 1. The van der Waals surface area contributed by atoms with E-state index >= 15 is 0 Å². The second-order valence-electron chi connectivity index (χ2n) is 6.58. The van der Waals surface area contributed by atoms with E-state index in [1.807, 2.05) is 13.8 Å². The number of carbonyl (C=O) groups excluding carboxylic acids is 2. The second-order valence-corrected chi connectivity index (χ2v) is 7.43. The highest BCUT2D eigenvalue weighted by atomic mass is 35.5. The van der Waals surface area contributed by atoms with Crippen LogP contribution in [0.1, 0.15) is 30.6 Å². The predicted molar refractivity (Wildman–Crippen MR) is 101 cm³/mol. The lowest BCUT2D eigenvalue weighted by Gasteiger charge is -2.31. The third-order valence-electron chi connectivity index (χ3n) is 3.79. The van der Waals surface area contributed by atoms with Gasteiger partial charge in [0, 0.05) is 10.7 Å². The van der Waals surface area contributed by atoms with Crippen LogP contribution in [-0.2, 0) is 4.79 Å². The zero-order chi connectivity index (χ0) is 18.9. The van der Waals surface area contributed by atoms with Gasteiger partial charge in [0.15, 0.2) is 12.4 Å². The Morgan fingerprint density at radius 1 is 1.23 bits per heavy atom. The van der Waals surface area contributed by atoms with E-state index in [1.165, 1.54) is 6.07 Å². The molecule has 1 N–H and O–H groups in total. The van der Waals surface area contributed by atoms with Crippen LogP contribution in [0, 0.1) is 0 Å². The molecule has 1 heterocycles. The Kier molecular flexibility index (Phi) is 5.12. The van der Waals surface area contributed by atoms with Gasteiger partial charge in [-0.1, -0.05) is 23.2 Å². The quantitative estimate of drug-likeness (QED) is 0.813. The Balaban J connectivity index is 1.65. The molecule has 2 aromatic rings. The molecule has 0 spiro atoms. The first kappa shape index (κ1) is 18.5. The zero-order valence-corrected chi connectivity index (χ0v) is 15.8. The lowest BCUT2D eigenvalue weighted by atomic mass is 9.93. The number of hydrogen-bond donors (Lipinski definition) is 1. The van der Waals surface area contributed by atoms with Gasteiger partial charge in [-0.05, 0) is 50.2 Å². The molecule has 1 aliphatic rings. The molecular formula is C19H17Cl2NO4. The van der Waals surface area contributed by atoms with E-state index in [0.29, 0.717) is 32.8 Å². The molecule has 136 valence electrons. The van der Waals surface area contributed by atoms with Crippen LogP contribution in [0.4, 0.5) is 5.69 Å². The summed E-state index contributed by atoms with van der Waals surface area (Å²) in [5, 5.41) is 3.50. The van der Waals surface area contributed by atoms with Crippen molar-refractivity contribution in [1.29, 1.82) is 0 Å². The van der Waals surface area contributed by atoms with Crippen molar-refractivity contribution in [2.45, 2.75) is 25.9 Å². The molecule has 1 amide bonds. The number of carbonyl (C=O) groups is 2. The third-order valence-corrected chi connectivity index (χ3v) is 4.32. The fourth-order valence-electron chi connectivity index (χ4n) is 2.66. The molecule has 3 rings (SSSR count). The van der Waals surface area contributed by atoms with Gasteiger partial charge in [0.2, 0.25) is 0 Å². The van der Waals surface area contributed by atoms with Crippen molar-refractivity contribution in [1.82, 2.24) is 0 Å². The topological polar surface area (TPSA) is 64.6 Å². The summed E-state index contributed by atoms with van der Waals surface area (Å²) in [6.07, 6.45) is 0.287. The molecular weight excluding hydrogens is 377 g/mol. The first-order chi connectivity index (χ1) is 12.2. The number of anilines is 1. The van der Waals surface area contributed by atoms with Crippen LogP contribution in [0.2, 0.25) is 10.0 Å². The van der Waals surface area contributed by atoms with Crippen LogP contribution in [0.5, 0.6) is 11.5 Å². The minimum atomic E-state index is -0.527. The summed E-state index contributed by atoms with van der Waals surface area (Å²) in [5.41, 5.74) is 0.431. The lowest BCUT2D eigenvalue weighted by molar-refractivity contribution is -0.118. The molecule has 0 bridgehead atoms. The number of hydrogen-bond acceptors (Lipinski definition) is 4. The molecule has 26 heavy (non-hydrogen) atoms. The van der Waals surface area contributed by atoms with E-state index in [4.69, 9.17) is 32.7 Å². The van der Waals surface area contributed by atoms with Crippen LogP contribution in [0.3, 0.4) is 0 Å². The molecule has 0 aliphatic carbocycles. The molecule has 0 unspecified atom stereocenters. The first-order valence-corrected chi connectivity index (χ1v) is 8.73. The molecule has 0 radical (unpaired) electrons. The SMILES string of the molecule is CC1(C)CC(=O)c2cc(NC(=O)COc3ccc(Cl)cc3Cl)ccc2O1. The van der Waals surface area contributed by atoms with Crippen LogP contribution >= 0.6 is 23.2 Å². The van der Waals surface area contributed by atoms with E-state index in [0.717, 1.165) is 0 Å². The minimum Gasteiger partial charge on any atom is -0.487 e. The van der Waals surface area contributed by atoms with Gasteiger partial charge in [-0.2, -0.15) is 0 Å². The first-order valence-electron chi connectivity index (χ1n) is 7.97. The Morgan fingerprint density at radius 3 is 2.73 bits per heavy atom. The van der Waals surface area contributed by atoms with Crippen LogP contribution in [0.25, 0.3) is 0 Å². The van der Waals surface area contributed by atoms with Gasteiger partial charge in [0.25, 0.3) is 5.91 Å². The molecule has 2 aromatic carbocycles. The van der Waals surface area contributed by atoms with Gasteiger partial charge in [-0.3, -0.25) is 9.59 Å². The number of halogens is 2. The molecule has 0 saturated carbocycles. The molecule has 5 nitrogen and oxygen atoms in total. The summed E-state index contributed by atoms with van der Waals surface area (Å²) in [5.74, 6) is 0.493. The number of benzene rings is 2. The van der Waals surface area contributed by atoms with Gasteiger partial charge in [0.05, 0.1) is 17.0 Å². The van der Waals surface area contributed by atoms with Crippen molar-refractivity contribution >= 4 is 40.6 Å². The van der Waals surface area contributed by atoms with Crippen molar-refractivity contribution < 1.29 is 19.1 Å². The number of Topliss-reactive ketones (excluding diaryl/α,β-unsaturated/α-hetero) is 1. The highest BCUT2D eigenvalue weighted by Gasteiger charge is 2.32. The minimum absolute atomic E-state index is 0.0171. The maximum Gasteiger partial charge on any atom is 0.262 e. The summed E-state index contributed by atoms with van der Waals surface area (Å²) >= 11 is 11.8. The monoisotopic (exact) mass is 393 g/mol. The molecule has 1 aliphatic heterocycles. The van der Waals surface area contributed by atoms with E-state index in [1.54, 1.807) is 30.3 Å². The molecule has 0 fully saturated rings. The van der Waals surface area contributed by atoms with Crippen molar-refractivity contribution in [3.8, 4) is 11.5 Å². The maximum atomic E-state index is 12.3. The normalized spacial score (nSPS) is 15.0. The summed E-state index contributed by atoms with van der Waals surface area (Å²) in [6.45, 7) is 3.50. The molecule has 7 heteroatoms. The Hall–Kier alpha value is -2.24. The fourth-order valence-corrected chi connectivity index (χ4v) is 3.13. The standard InChI is InChI=1S/C19H17Cl2NO4/c1-19(2)9-15(23)13-8-12(4-6-16(13)26-19)22-18(24)10-25-17-5-3-11(20)7-14(17)21/h3-8H,9-10H2,1-2H3,(H,22,24). The predicted octanol–water partition coefficient (Wildman–Crippen LogP) is 4.75. The van der Waals surface area contributed by atoms with Gasteiger partial charge >= 0.3 is 0 Å². The van der Waals surface area contributed by atoms with Crippen molar-refractivity contribution in [2.75, 3.05) is 11.9 Å². The Bertz CT molecular complexity index is 880. The van der Waals surface area contributed by atoms with Crippen LogP contribution in [-0.4, -0.2) is 23.9 Å². The Labute approximate surface area is 161 Å². The maximum absolute atomic E-state index is 12.3. The summed E-state index contributed by atoms with van der Waals surface area (Å²) < 4.78 is 11.2.